The second-order valence-electron chi connectivity index (χ2n) is 5.05. The van der Waals surface area contributed by atoms with E-state index in [9.17, 15) is 9.59 Å². The van der Waals surface area contributed by atoms with Crippen molar-refractivity contribution >= 4 is 35.1 Å². The SMILES string of the molecule is CC(=O)N[C@H](C)c1ccc(C(=O)CSc2ncccc2Cl)cc1. The van der Waals surface area contributed by atoms with Crippen LogP contribution in [0.5, 0.6) is 0 Å². The summed E-state index contributed by atoms with van der Waals surface area (Å²) < 4.78 is 0. The number of aromatic nitrogens is 1. The molecule has 0 saturated carbocycles. The van der Waals surface area contributed by atoms with E-state index in [1.54, 1.807) is 30.5 Å². The monoisotopic (exact) mass is 348 g/mol. The Bertz CT molecular complexity index is 704. The summed E-state index contributed by atoms with van der Waals surface area (Å²) in [6, 6.07) is 10.7. The highest BCUT2D eigenvalue weighted by Gasteiger charge is 2.11. The van der Waals surface area contributed by atoms with E-state index in [1.165, 1.54) is 18.7 Å². The van der Waals surface area contributed by atoms with Crippen molar-refractivity contribution in [3.63, 3.8) is 0 Å². The van der Waals surface area contributed by atoms with Gasteiger partial charge in [0, 0.05) is 18.7 Å². The van der Waals surface area contributed by atoms with E-state index in [2.05, 4.69) is 10.3 Å². The van der Waals surface area contributed by atoms with E-state index < -0.39 is 0 Å². The molecule has 1 atom stereocenters. The highest BCUT2D eigenvalue weighted by Crippen LogP contribution is 2.25. The Hall–Kier alpha value is -1.85. The molecule has 0 saturated heterocycles. The summed E-state index contributed by atoms with van der Waals surface area (Å²) in [6.45, 7) is 3.38. The Morgan fingerprint density at radius 2 is 1.96 bits per heavy atom. The standard InChI is InChI=1S/C17H17ClN2O2S/c1-11(20-12(2)21)13-5-7-14(8-6-13)16(22)10-23-17-15(18)4-3-9-19-17/h3-9,11H,10H2,1-2H3,(H,20,21)/t11-/m1/s1. The van der Waals surface area contributed by atoms with E-state index in [0.717, 1.165) is 5.56 Å². The number of nitrogens with zero attached hydrogens (tertiary/aromatic N) is 1. The third-order valence-corrected chi connectivity index (χ3v) is 4.64. The van der Waals surface area contributed by atoms with E-state index >= 15 is 0 Å². The number of pyridine rings is 1. The van der Waals surface area contributed by atoms with Crippen LogP contribution in [0.15, 0.2) is 47.6 Å². The lowest BCUT2D eigenvalue weighted by atomic mass is 10.0. The highest BCUT2D eigenvalue weighted by molar-refractivity contribution is 8.00. The molecule has 4 nitrogen and oxygen atoms in total. The predicted octanol–water partition coefficient (Wildman–Crippen LogP) is 3.91. The number of rotatable bonds is 6. The van der Waals surface area contributed by atoms with Gasteiger partial charge in [-0.1, -0.05) is 47.6 Å². The van der Waals surface area contributed by atoms with E-state index in [1.807, 2.05) is 19.1 Å². The minimum Gasteiger partial charge on any atom is -0.350 e. The summed E-state index contributed by atoms with van der Waals surface area (Å²) in [5, 5.41) is 4.01. The number of nitrogens with one attached hydrogen (secondary N) is 1. The molecule has 1 amide bonds. The Balaban J connectivity index is 1.97. The zero-order valence-corrected chi connectivity index (χ0v) is 14.4. The Labute approximate surface area is 144 Å². The Morgan fingerprint density at radius 1 is 1.26 bits per heavy atom. The maximum absolute atomic E-state index is 12.2. The quantitative estimate of drug-likeness (QED) is 0.635. The summed E-state index contributed by atoms with van der Waals surface area (Å²) in [5.74, 6) is 0.203. The van der Waals surface area contributed by atoms with Gasteiger partial charge in [-0.05, 0) is 24.6 Å². The summed E-state index contributed by atoms with van der Waals surface area (Å²) in [7, 11) is 0. The lowest BCUT2D eigenvalue weighted by molar-refractivity contribution is -0.119. The van der Waals surface area contributed by atoms with Gasteiger partial charge in [-0.3, -0.25) is 9.59 Å². The van der Waals surface area contributed by atoms with Crippen LogP contribution in [-0.2, 0) is 4.79 Å². The number of hydrogen-bond donors (Lipinski definition) is 1. The molecule has 0 fully saturated rings. The predicted molar refractivity (Wildman–Crippen MR) is 93.0 cm³/mol. The molecule has 6 heteroatoms. The summed E-state index contributed by atoms with van der Waals surface area (Å²) >= 11 is 7.34. The van der Waals surface area contributed by atoms with Gasteiger partial charge in [0.05, 0.1) is 16.8 Å². The number of carbonyl (C=O) groups excluding carboxylic acids is 2. The molecule has 0 aliphatic rings. The van der Waals surface area contributed by atoms with Crippen LogP contribution >= 0.6 is 23.4 Å². The minimum atomic E-state index is -0.0849. The molecule has 2 aromatic rings. The number of halogens is 1. The molecular weight excluding hydrogens is 332 g/mol. The molecule has 1 aromatic carbocycles. The van der Waals surface area contributed by atoms with Crippen LogP contribution in [0.1, 0.15) is 35.8 Å². The minimum absolute atomic E-state index is 0.00968. The average molecular weight is 349 g/mol. The zero-order valence-electron chi connectivity index (χ0n) is 12.9. The first kappa shape index (κ1) is 17.5. The molecule has 2 rings (SSSR count). The summed E-state index contributed by atoms with van der Waals surface area (Å²) in [5.41, 5.74) is 1.58. The molecule has 1 N–H and O–H groups in total. The van der Waals surface area contributed by atoms with Crippen LogP contribution in [0.25, 0.3) is 0 Å². The lowest BCUT2D eigenvalue weighted by Crippen LogP contribution is -2.23. The largest absolute Gasteiger partial charge is 0.350 e. The van der Waals surface area contributed by atoms with Gasteiger partial charge in [0.15, 0.2) is 5.78 Å². The van der Waals surface area contributed by atoms with Crippen molar-refractivity contribution in [1.29, 1.82) is 0 Å². The first-order valence-corrected chi connectivity index (χ1v) is 8.47. The van der Waals surface area contributed by atoms with Crippen molar-refractivity contribution in [3.05, 3.63) is 58.7 Å². The van der Waals surface area contributed by atoms with Crippen molar-refractivity contribution in [3.8, 4) is 0 Å². The van der Waals surface area contributed by atoms with Gasteiger partial charge < -0.3 is 5.32 Å². The molecule has 0 spiro atoms. The highest BCUT2D eigenvalue weighted by atomic mass is 35.5. The molecule has 0 radical (unpaired) electrons. The molecule has 1 aromatic heterocycles. The van der Waals surface area contributed by atoms with Crippen LogP contribution in [0.3, 0.4) is 0 Å². The molecule has 0 unspecified atom stereocenters. The third-order valence-electron chi connectivity index (χ3n) is 3.22. The fraction of sp³-hybridized carbons (Fsp3) is 0.235. The van der Waals surface area contributed by atoms with Crippen LogP contribution in [0, 0.1) is 0 Å². The zero-order chi connectivity index (χ0) is 16.8. The van der Waals surface area contributed by atoms with Crippen molar-refractivity contribution in [2.75, 3.05) is 5.75 Å². The average Bonchev–Trinajstić information content (AvgIpc) is 2.53. The normalized spacial score (nSPS) is 11.8. The summed E-state index contributed by atoms with van der Waals surface area (Å²) in [4.78, 5) is 27.4. The first-order chi connectivity index (χ1) is 11.0. The van der Waals surface area contributed by atoms with Gasteiger partial charge in [-0.25, -0.2) is 4.98 Å². The van der Waals surface area contributed by atoms with Gasteiger partial charge >= 0.3 is 0 Å². The molecule has 1 heterocycles. The second kappa shape index (κ2) is 8.13. The second-order valence-corrected chi connectivity index (χ2v) is 6.42. The maximum atomic E-state index is 12.2. The van der Waals surface area contributed by atoms with Gasteiger partial charge in [0.1, 0.15) is 5.03 Å². The third kappa shape index (κ3) is 5.08. The van der Waals surface area contributed by atoms with Gasteiger partial charge in [-0.15, -0.1) is 0 Å². The molecule has 0 aliphatic heterocycles. The smallest absolute Gasteiger partial charge is 0.217 e. The van der Waals surface area contributed by atoms with Crippen molar-refractivity contribution in [2.45, 2.75) is 24.9 Å². The Kier molecular flexibility index (Phi) is 6.19. The van der Waals surface area contributed by atoms with Crippen LogP contribution in [-0.4, -0.2) is 22.4 Å². The van der Waals surface area contributed by atoms with E-state index in [-0.39, 0.29) is 23.5 Å². The Morgan fingerprint density at radius 3 is 2.57 bits per heavy atom. The number of thioether (sulfide) groups is 1. The van der Waals surface area contributed by atoms with E-state index in [0.29, 0.717) is 15.6 Å². The maximum Gasteiger partial charge on any atom is 0.217 e. The number of amides is 1. The number of ketones is 1. The lowest BCUT2D eigenvalue weighted by Gasteiger charge is -2.13. The van der Waals surface area contributed by atoms with Crippen LogP contribution < -0.4 is 5.32 Å². The van der Waals surface area contributed by atoms with E-state index in [4.69, 9.17) is 11.6 Å². The molecule has 23 heavy (non-hydrogen) atoms. The molecule has 0 bridgehead atoms. The molecular formula is C17H17ClN2O2S. The van der Waals surface area contributed by atoms with Crippen LogP contribution in [0.4, 0.5) is 0 Å². The van der Waals surface area contributed by atoms with Gasteiger partial charge in [-0.2, -0.15) is 0 Å². The van der Waals surface area contributed by atoms with Gasteiger partial charge in [0.25, 0.3) is 0 Å². The van der Waals surface area contributed by atoms with Crippen molar-refractivity contribution in [1.82, 2.24) is 10.3 Å². The topological polar surface area (TPSA) is 59.1 Å². The number of benzene rings is 1. The molecule has 120 valence electrons. The number of hydrogen-bond acceptors (Lipinski definition) is 4. The summed E-state index contributed by atoms with van der Waals surface area (Å²) in [6.07, 6.45) is 1.65. The van der Waals surface area contributed by atoms with Crippen molar-refractivity contribution in [2.24, 2.45) is 0 Å². The fourth-order valence-corrected chi connectivity index (χ4v) is 3.10. The molecule has 0 aliphatic carbocycles. The van der Waals surface area contributed by atoms with Gasteiger partial charge in [0.2, 0.25) is 5.91 Å². The number of carbonyl (C=O) groups is 2. The van der Waals surface area contributed by atoms with Crippen molar-refractivity contribution < 1.29 is 9.59 Å². The first-order valence-electron chi connectivity index (χ1n) is 7.11. The van der Waals surface area contributed by atoms with Crippen LogP contribution in [0.2, 0.25) is 5.02 Å². The fourth-order valence-electron chi connectivity index (χ4n) is 2.04. The number of Topliss-reactive ketones (excluding diaryl/α,β-unsaturated/α-hetero) is 1.